The third kappa shape index (κ3) is 10.9. The highest BCUT2D eigenvalue weighted by Gasteiger charge is 2.10. The van der Waals surface area contributed by atoms with Crippen LogP contribution in [0.2, 0.25) is 0 Å². The smallest absolute Gasteiger partial charge is 0.244 e. The molecule has 0 radical (unpaired) electrons. The first kappa shape index (κ1) is 13.9. The van der Waals surface area contributed by atoms with E-state index in [2.05, 4.69) is 32.2 Å². The van der Waals surface area contributed by atoms with Gasteiger partial charge >= 0.3 is 0 Å². The molecule has 1 N–H and O–H groups in total. The summed E-state index contributed by atoms with van der Waals surface area (Å²) in [6.45, 7) is 12.2. The lowest BCUT2D eigenvalue weighted by atomic mass is 9.96. The van der Waals surface area contributed by atoms with E-state index < -0.39 is 0 Å². The van der Waals surface area contributed by atoms with E-state index in [-0.39, 0.29) is 16.9 Å². The Balaban J connectivity index is 4.09. The lowest BCUT2D eigenvalue weighted by molar-refractivity contribution is -0.117. The highest BCUT2D eigenvalue weighted by Crippen LogP contribution is 2.14. The minimum absolute atomic E-state index is 0.0546. The molecule has 0 fully saturated rings. The second-order valence-electron chi connectivity index (χ2n) is 5.82. The summed E-state index contributed by atoms with van der Waals surface area (Å²) < 4.78 is 0. The Morgan fingerprint density at radius 2 is 1.53 bits per heavy atom. The molecule has 0 rings (SSSR count). The van der Waals surface area contributed by atoms with E-state index >= 15 is 0 Å². The molecule has 1 amide bonds. The minimum Gasteiger partial charge on any atom is -0.348 e. The maximum atomic E-state index is 11.4. The van der Waals surface area contributed by atoms with Crippen LogP contribution in [0.1, 0.15) is 41.5 Å². The third-order valence-corrected chi connectivity index (χ3v) is 1.45. The highest BCUT2D eigenvalue weighted by atomic mass is 16.1. The van der Waals surface area contributed by atoms with Crippen molar-refractivity contribution in [1.82, 2.24) is 5.32 Å². The van der Waals surface area contributed by atoms with E-state index in [1.54, 1.807) is 12.2 Å². The Hall–Kier alpha value is -1.05. The van der Waals surface area contributed by atoms with Crippen LogP contribution in [0.4, 0.5) is 0 Å². The first-order chi connectivity index (χ1) is 6.60. The molecule has 0 unspecified atom stereocenters. The molecule has 0 atom stereocenters. The molecule has 0 saturated heterocycles. The van der Waals surface area contributed by atoms with Gasteiger partial charge in [-0.1, -0.05) is 39.0 Å². The number of allylic oxidation sites excluding steroid dienone is 3. The van der Waals surface area contributed by atoms with Gasteiger partial charge in [0.15, 0.2) is 0 Å². The van der Waals surface area contributed by atoms with Crippen molar-refractivity contribution in [3.8, 4) is 0 Å². The monoisotopic (exact) mass is 209 g/mol. The predicted molar refractivity (Wildman–Crippen MR) is 65.6 cm³/mol. The number of amides is 1. The predicted octanol–water partition coefficient (Wildman–Crippen LogP) is 3.06. The van der Waals surface area contributed by atoms with Gasteiger partial charge in [-0.25, -0.2) is 0 Å². The van der Waals surface area contributed by atoms with E-state index in [1.807, 2.05) is 26.8 Å². The maximum Gasteiger partial charge on any atom is 0.244 e. The summed E-state index contributed by atoms with van der Waals surface area (Å²) in [6, 6.07) is 0. The quantitative estimate of drug-likeness (QED) is 0.549. The molecule has 0 aliphatic carbocycles. The van der Waals surface area contributed by atoms with E-state index in [4.69, 9.17) is 0 Å². The number of hydrogen-bond donors (Lipinski definition) is 1. The van der Waals surface area contributed by atoms with Gasteiger partial charge < -0.3 is 5.32 Å². The fourth-order valence-electron chi connectivity index (χ4n) is 0.898. The fraction of sp³-hybridized carbons (Fsp3) is 0.615. The fourth-order valence-corrected chi connectivity index (χ4v) is 0.898. The van der Waals surface area contributed by atoms with Crippen LogP contribution in [0.25, 0.3) is 0 Å². The lowest BCUT2D eigenvalue weighted by Gasteiger charge is -2.18. The Kier molecular flexibility index (Phi) is 4.79. The van der Waals surface area contributed by atoms with Crippen molar-refractivity contribution < 1.29 is 4.79 Å². The van der Waals surface area contributed by atoms with Gasteiger partial charge in [0.2, 0.25) is 5.91 Å². The molecule has 0 spiro atoms. The van der Waals surface area contributed by atoms with Crippen molar-refractivity contribution >= 4 is 5.91 Å². The van der Waals surface area contributed by atoms with Crippen LogP contribution in [-0.2, 0) is 4.79 Å². The van der Waals surface area contributed by atoms with Gasteiger partial charge in [-0.15, -0.1) is 0 Å². The van der Waals surface area contributed by atoms with Crippen LogP contribution in [-0.4, -0.2) is 11.4 Å². The largest absolute Gasteiger partial charge is 0.348 e. The molecule has 86 valence electrons. The highest BCUT2D eigenvalue weighted by molar-refractivity contribution is 5.88. The average Bonchev–Trinajstić information content (AvgIpc) is 1.92. The second kappa shape index (κ2) is 5.15. The SMILES string of the molecule is CC(C)(C)/C=C/C=C/C(=O)NC(C)(C)C. The molecular formula is C13H23NO. The molecule has 0 aromatic carbocycles. The zero-order chi connectivity index (χ0) is 12.1. The van der Waals surface area contributed by atoms with Gasteiger partial charge in [0.25, 0.3) is 0 Å². The molecule has 0 aliphatic heterocycles. The van der Waals surface area contributed by atoms with Crippen molar-refractivity contribution in [2.45, 2.75) is 47.1 Å². The summed E-state index contributed by atoms with van der Waals surface area (Å²) >= 11 is 0. The maximum absolute atomic E-state index is 11.4. The summed E-state index contributed by atoms with van der Waals surface area (Å²) in [6.07, 6.45) is 7.29. The molecule has 0 aromatic heterocycles. The van der Waals surface area contributed by atoms with Crippen molar-refractivity contribution in [3.05, 3.63) is 24.3 Å². The standard InChI is InChI=1S/C13H23NO/c1-12(2,3)10-8-7-9-11(15)14-13(4,5)6/h7-10H,1-6H3,(H,14,15)/b9-7+,10-8+. The first-order valence-electron chi connectivity index (χ1n) is 5.28. The van der Waals surface area contributed by atoms with Gasteiger partial charge in [0.1, 0.15) is 0 Å². The van der Waals surface area contributed by atoms with Crippen LogP contribution < -0.4 is 5.32 Å². The van der Waals surface area contributed by atoms with Gasteiger partial charge in [0.05, 0.1) is 0 Å². The molecule has 0 saturated carbocycles. The summed E-state index contributed by atoms with van der Waals surface area (Å²) in [5.41, 5.74) is -0.0139. The molecule has 0 heterocycles. The Morgan fingerprint density at radius 3 is 1.93 bits per heavy atom. The molecule has 0 aliphatic rings. The van der Waals surface area contributed by atoms with Crippen LogP contribution in [0.5, 0.6) is 0 Å². The molecule has 0 bridgehead atoms. The Labute approximate surface area is 93.5 Å². The minimum atomic E-state index is -0.171. The van der Waals surface area contributed by atoms with Gasteiger partial charge in [-0.3, -0.25) is 4.79 Å². The van der Waals surface area contributed by atoms with E-state index in [1.165, 1.54) is 0 Å². The van der Waals surface area contributed by atoms with Crippen molar-refractivity contribution in [1.29, 1.82) is 0 Å². The number of carbonyl (C=O) groups is 1. The second-order valence-corrected chi connectivity index (χ2v) is 5.82. The topological polar surface area (TPSA) is 29.1 Å². The van der Waals surface area contributed by atoms with Crippen molar-refractivity contribution in [2.24, 2.45) is 5.41 Å². The average molecular weight is 209 g/mol. The zero-order valence-corrected chi connectivity index (χ0v) is 10.7. The molecule has 2 nitrogen and oxygen atoms in total. The Bertz CT molecular complexity index is 261. The number of carbonyl (C=O) groups excluding carboxylic acids is 1. The zero-order valence-electron chi connectivity index (χ0n) is 10.7. The number of hydrogen-bond acceptors (Lipinski definition) is 1. The van der Waals surface area contributed by atoms with Gasteiger partial charge in [0, 0.05) is 11.6 Å². The lowest BCUT2D eigenvalue weighted by Crippen LogP contribution is -2.39. The van der Waals surface area contributed by atoms with Crippen molar-refractivity contribution in [2.75, 3.05) is 0 Å². The molecule has 0 aromatic rings. The van der Waals surface area contributed by atoms with E-state index in [9.17, 15) is 4.79 Å². The van der Waals surface area contributed by atoms with E-state index in [0.717, 1.165) is 0 Å². The summed E-state index contributed by atoms with van der Waals surface area (Å²) in [7, 11) is 0. The number of rotatable bonds is 2. The molecular weight excluding hydrogens is 186 g/mol. The molecule has 2 heteroatoms. The summed E-state index contributed by atoms with van der Waals surface area (Å²) in [5, 5.41) is 2.86. The normalized spacial score (nSPS) is 13.7. The number of nitrogens with one attached hydrogen (secondary N) is 1. The van der Waals surface area contributed by atoms with Crippen LogP contribution in [0.3, 0.4) is 0 Å². The van der Waals surface area contributed by atoms with Crippen LogP contribution >= 0.6 is 0 Å². The third-order valence-electron chi connectivity index (χ3n) is 1.45. The van der Waals surface area contributed by atoms with Gasteiger partial charge in [-0.2, -0.15) is 0 Å². The Morgan fingerprint density at radius 1 is 1.00 bits per heavy atom. The van der Waals surface area contributed by atoms with Crippen molar-refractivity contribution in [3.63, 3.8) is 0 Å². The van der Waals surface area contributed by atoms with E-state index in [0.29, 0.717) is 0 Å². The van der Waals surface area contributed by atoms with Gasteiger partial charge in [-0.05, 0) is 26.2 Å². The van der Waals surface area contributed by atoms with Crippen LogP contribution in [0.15, 0.2) is 24.3 Å². The van der Waals surface area contributed by atoms with Crippen LogP contribution in [0, 0.1) is 5.41 Å². The summed E-state index contributed by atoms with van der Waals surface area (Å²) in [4.78, 5) is 11.4. The molecule has 15 heavy (non-hydrogen) atoms. The first-order valence-corrected chi connectivity index (χ1v) is 5.28. The summed E-state index contributed by atoms with van der Waals surface area (Å²) in [5.74, 6) is -0.0546.